The van der Waals surface area contributed by atoms with Crippen LogP contribution in [-0.2, 0) is 11.8 Å². The molecule has 0 saturated heterocycles. The average molecular weight is 305 g/mol. The normalized spacial score (nSPS) is 12.0. The Labute approximate surface area is 128 Å². The molecular formula is C15H19N3O2S. The molecule has 1 heterocycles. The van der Waals surface area contributed by atoms with Crippen LogP contribution in [0.15, 0.2) is 41.8 Å². The summed E-state index contributed by atoms with van der Waals surface area (Å²) in [5.74, 6) is 0.748. The molecule has 112 valence electrons. The Kier molecular flexibility index (Phi) is 5.27. The molecule has 0 aliphatic heterocycles. The summed E-state index contributed by atoms with van der Waals surface area (Å²) < 4.78 is 7.01. The summed E-state index contributed by atoms with van der Waals surface area (Å²) in [6, 6.07) is 7.30. The van der Waals surface area contributed by atoms with Crippen molar-refractivity contribution in [1.29, 1.82) is 0 Å². The number of aromatic nitrogens is 2. The molecule has 5 nitrogen and oxygen atoms in total. The van der Waals surface area contributed by atoms with Crippen molar-refractivity contribution in [2.24, 2.45) is 7.05 Å². The second kappa shape index (κ2) is 7.17. The minimum Gasteiger partial charge on any atom is -0.497 e. The fourth-order valence-electron chi connectivity index (χ4n) is 1.81. The molecule has 0 aliphatic rings. The number of amides is 1. The monoisotopic (exact) mass is 305 g/mol. The largest absolute Gasteiger partial charge is 0.497 e. The lowest BCUT2D eigenvalue weighted by Crippen LogP contribution is -2.24. The standard InChI is InChI=1S/C15H19N3O2S/c1-4-13(21-15-16-9-10-18(15)2)14(19)17-11-5-7-12(20-3)8-6-11/h5-10,13H,4H2,1-3H3,(H,17,19). The van der Waals surface area contributed by atoms with Gasteiger partial charge in [-0.2, -0.15) is 0 Å². The van der Waals surface area contributed by atoms with Gasteiger partial charge in [-0.1, -0.05) is 18.7 Å². The van der Waals surface area contributed by atoms with E-state index in [1.807, 2.05) is 49.0 Å². The number of anilines is 1. The lowest BCUT2D eigenvalue weighted by molar-refractivity contribution is -0.115. The summed E-state index contributed by atoms with van der Waals surface area (Å²) in [5, 5.41) is 3.59. The van der Waals surface area contributed by atoms with Crippen LogP contribution >= 0.6 is 11.8 Å². The number of methoxy groups -OCH3 is 1. The van der Waals surface area contributed by atoms with E-state index < -0.39 is 0 Å². The van der Waals surface area contributed by atoms with Gasteiger partial charge in [-0.3, -0.25) is 4.79 Å². The first-order valence-electron chi connectivity index (χ1n) is 6.73. The summed E-state index contributed by atoms with van der Waals surface area (Å²) in [4.78, 5) is 16.6. The van der Waals surface area contributed by atoms with E-state index in [9.17, 15) is 4.79 Å². The summed E-state index contributed by atoms with van der Waals surface area (Å²) in [6.45, 7) is 1.99. The zero-order valence-corrected chi connectivity index (χ0v) is 13.2. The summed E-state index contributed by atoms with van der Waals surface area (Å²) in [6.07, 6.45) is 4.34. The van der Waals surface area contributed by atoms with Crippen molar-refractivity contribution < 1.29 is 9.53 Å². The van der Waals surface area contributed by atoms with Gasteiger partial charge < -0.3 is 14.6 Å². The number of hydrogen-bond donors (Lipinski definition) is 1. The van der Waals surface area contributed by atoms with Crippen LogP contribution in [-0.4, -0.2) is 27.8 Å². The molecule has 0 fully saturated rings. The van der Waals surface area contributed by atoms with E-state index in [-0.39, 0.29) is 11.2 Å². The lowest BCUT2D eigenvalue weighted by atomic mass is 10.2. The Bertz CT molecular complexity index is 595. The molecule has 1 atom stereocenters. The second-order valence-electron chi connectivity index (χ2n) is 4.55. The van der Waals surface area contributed by atoms with E-state index in [1.54, 1.807) is 13.3 Å². The fraction of sp³-hybridized carbons (Fsp3) is 0.333. The second-order valence-corrected chi connectivity index (χ2v) is 5.72. The van der Waals surface area contributed by atoms with Gasteiger partial charge in [0, 0.05) is 25.1 Å². The van der Waals surface area contributed by atoms with Crippen LogP contribution in [0, 0.1) is 0 Å². The lowest BCUT2D eigenvalue weighted by Gasteiger charge is -2.14. The molecule has 0 spiro atoms. The highest BCUT2D eigenvalue weighted by molar-refractivity contribution is 8.00. The van der Waals surface area contributed by atoms with Crippen LogP contribution in [0.3, 0.4) is 0 Å². The molecule has 6 heteroatoms. The molecule has 0 aliphatic carbocycles. The van der Waals surface area contributed by atoms with Gasteiger partial charge >= 0.3 is 0 Å². The van der Waals surface area contributed by atoms with Crippen LogP contribution in [0.2, 0.25) is 0 Å². The van der Waals surface area contributed by atoms with Gasteiger partial charge in [-0.25, -0.2) is 4.98 Å². The molecule has 0 radical (unpaired) electrons. The fourth-order valence-corrected chi connectivity index (χ4v) is 2.75. The maximum atomic E-state index is 12.3. The Morgan fingerprint density at radius 2 is 2.14 bits per heavy atom. The predicted octanol–water partition coefficient (Wildman–Crippen LogP) is 2.94. The first kappa shape index (κ1) is 15.4. The molecule has 1 unspecified atom stereocenters. The summed E-state index contributed by atoms with van der Waals surface area (Å²) in [5.41, 5.74) is 0.764. The Morgan fingerprint density at radius 1 is 1.43 bits per heavy atom. The van der Waals surface area contributed by atoms with Crippen LogP contribution in [0.1, 0.15) is 13.3 Å². The van der Waals surface area contributed by atoms with Crippen molar-refractivity contribution in [3.63, 3.8) is 0 Å². The van der Waals surface area contributed by atoms with Crippen LogP contribution in [0.4, 0.5) is 5.69 Å². The highest BCUT2D eigenvalue weighted by atomic mass is 32.2. The number of carbonyl (C=O) groups is 1. The van der Waals surface area contributed by atoms with E-state index in [2.05, 4.69) is 10.3 Å². The van der Waals surface area contributed by atoms with Gasteiger partial charge in [0.2, 0.25) is 5.91 Å². The van der Waals surface area contributed by atoms with Crippen molar-refractivity contribution in [1.82, 2.24) is 9.55 Å². The predicted molar refractivity (Wildman–Crippen MR) is 84.8 cm³/mol. The highest BCUT2D eigenvalue weighted by Gasteiger charge is 2.19. The third-order valence-electron chi connectivity index (χ3n) is 3.05. The van der Waals surface area contributed by atoms with E-state index in [0.29, 0.717) is 0 Å². The highest BCUT2D eigenvalue weighted by Crippen LogP contribution is 2.25. The maximum absolute atomic E-state index is 12.3. The first-order chi connectivity index (χ1) is 10.1. The van der Waals surface area contributed by atoms with Crippen LogP contribution < -0.4 is 10.1 Å². The topological polar surface area (TPSA) is 56.2 Å². The summed E-state index contributed by atoms with van der Waals surface area (Å²) >= 11 is 1.47. The third-order valence-corrected chi connectivity index (χ3v) is 4.48. The van der Waals surface area contributed by atoms with Crippen molar-refractivity contribution in [3.8, 4) is 5.75 Å². The van der Waals surface area contributed by atoms with Gasteiger partial charge in [0.25, 0.3) is 0 Å². The van der Waals surface area contributed by atoms with Crippen LogP contribution in [0.5, 0.6) is 5.75 Å². The van der Waals surface area contributed by atoms with E-state index in [1.165, 1.54) is 11.8 Å². The molecule has 1 N–H and O–H groups in total. The number of benzene rings is 1. The molecular weight excluding hydrogens is 286 g/mol. The number of hydrogen-bond acceptors (Lipinski definition) is 4. The maximum Gasteiger partial charge on any atom is 0.237 e. The summed E-state index contributed by atoms with van der Waals surface area (Å²) in [7, 11) is 3.54. The smallest absolute Gasteiger partial charge is 0.237 e. The molecule has 1 aromatic carbocycles. The van der Waals surface area contributed by atoms with Gasteiger partial charge in [-0.05, 0) is 30.7 Å². The molecule has 2 rings (SSSR count). The Hall–Kier alpha value is -1.95. The van der Waals surface area contributed by atoms with Gasteiger partial charge in [0.15, 0.2) is 5.16 Å². The van der Waals surface area contributed by atoms with Crippen molar-refractivity contribution in [2.75, 3.05) is 12.4 Å². The van der Waals surface area contributed by atoms with E-state index in [0.717, 1.165) is 23.0 Å². The zero-order chi connectivity index (χ0) is 15.2. The average Bonchev–Trinajstić information content (AvgIpc) is 2.90. The zero-order valence-electron chi connectivity index (χ0n) is 12.4. The van der Waals surface area contributed by atoms with Crippen molar-refractivity contribution >= 4 is 23.4 Å². The molecule has 21 heavy (non-hydrogen) atoms. The number of nitrogens with zero attached hydrogens (tertiary/aromatic N) is 2. The number of imidazole rings is 1. The number of nitrogens with one attached hydrogen (secondary N) is 1. The van der Waals surface area contributed by atoms with Gasteiger partial charge in [0.05, 0.1) is 12.4 Å². The quantitative estimate of drug-likeness (QED) is 0.834. The molecule has 2 aromatic rings. The number of rotatable bonds is 6. The Morgan fingerprint density at radius 3 is 2.67 bits per heavy atom. The van der Waals surface area contributed by atoms with Gasteiger partial charge in [-0.15, -0.1) is 0 Å². The molecule has 1 amide bonds. The molecule has 0 saturated carbocycles. The number of ether oxygens (including phenoxy) is 1. The first-order valence-corrected chi connectivity index (χ1v) is 7.61. The van der Waals surface area contributed by atoms with E-state index >= 15 is 0 Å². The molecule has 1 aromatic heterocycles. The minimum atomic E-state index is -0.173. The minimum absolute atomic E-state index is 0.0179. The van der Waals surface area contributed by atoms with E-state index in [4.69, 9.17) is 4.74 Å². The number of aryl methyl sites for hydroxylation is 1. The number of thioether (sulfide) groups is 1. The van der Waals surface area contributed by atoms with Crippen LogP contribution in [0.25, 0.3) is 0 Å². The number of carbonyl (C=O) groups excluding carboxylic acids is 1. The Balaban J connectivity index is 2.00. The SMILES string of the molecule is CCC(Sc1nccn1C)C(=O)Nc1ccc(OC)cc1. The molecule has 0 bridgehead atoms. The van der Waals surface area contributed by atoms with Crippen molar-refractivity contribution in [2.45, 2.75) is 23.8 Å². The van der Waals surface area contributed by atoms with Crippen molar-refractivity contribution in [3.05, 3.63) is 36.7 Å². The van der Waals surface area contributed by atoms with Gasteiger partial charge in [0.1, 0.15) is 5.75 Å². The third kappa shape index (κ3) is 4.01.